The maximum absolute atomic E-state index is 12.0. The number of carbonyl (C=O) groups is 1. The number of halogens is 1. The molecule has 5 nitrogen and oxygen atoms in total. The van der Waals surface area contributed by atoms with Crippen molar-refractivity contribution in [1.82, 2.24) is 5.32 Å². The fourth-order valence-corrected chi connectivity index (χ4v) is 2.53. The van der Waals surface area contributed by atoms with Crippen LogP contribution in [-0.2, 0) is 9.84 Å². The summed E-state index contributed by atoms with van der Waals surface area (Å²) in [4.78, 5) is 12.0. The normalized spacial score (nSPS) is 12.4. The molecule has 0 aliphatic heterocycles. The average molecular weight is 307 g/mol. The lowest BCUT2D eigenvalue weighted by molar-refractivity contribution is 0.0938. The molecule has 108 valence electrons. The van der Waals surface area contributed by atoms with Gasteiger partial charge in [-0.25, -0.2) is 8.42 Å². The van der Waals surface area contributed by atoms with Crippen LogP contribution in [0, 0.1) is 0 Å². The molecule has 1 aromatic rings. The molecule has 3 N–H and O–H groups in total. The van der Waals surface area contributed by atoms with Crippen molar-refractivity contribution in [3.63, 3.8) is 0 Å². The number of hydrogen-bond donors (Lipinski definition) is 2. The summed E-state index contributed by atoms with van der Waals surface area (Å²) in [5.41, 5.74) is 5.58. The summed E-state index contributed by atoms with van der Waals surface area (Å²) in [5, 5.41) is 2.65. The van der Waals surface area contributed by atoms with Crippen LogP contribution < -0.4 is 11.1 Å². The second-order valence-electron chi connectivity index (χ2n) is 4.01. The van der Waals surface area contributed by atoms with Crippen molar-refractivity contribution in [2.75, 3.05) is 12.3 Å². The third-order valence-corrected chi connectivity index (χ3v) is 4.36. The van der Waals surface area contributed by atoms with Crippen LogP contribution in [0.25, 0.3) is 0 Å². The van der Waals surface area contributed by atoms with Crippen molar-refractivity contribution >= 4 is 28.2 Å². The highest BCUT2D eigenvalue weighted by Crippen LogP contribution is 2.16. The van der Waals surface area contributed by atoms with E-state index < -0.39 is 15.7 Å². The van der Waals surface area contributed by atoms with Crippen molar-refractivity contribution < 1.29 is 13.2 Å². The summed E-state index contributed by atoms with van der Waals surface area (Å²) >= 11 is 0. The van der Waals surface area contributed by atoms with E-state index in [2.05, 4.69) is 5.32 Å². The number of amides is 1. The zero-order valence-electron chi connectivity index (χ0n) is 10.9. The molecule has 1 amide bonds. The Morgan fingerprint density at radius 3 is 2.47 bits per heavy atom. The quantitative estimate of drug-likeness (QED) is 0.848. The Labute approximate surface area is 119 Å². The molecule has 1 rings (SSSR count). The lowest BCUT2D eigenvalue weighted by atomic mass is 10.2. The van der Waals surface area contributed by atoms with Gasteiger partial charge in [0.1, 0.15) is 0 Å². The number of benzene rings is 1. The molecule has 0 aliphatic carbocycles. The molecule has 0 fully saturated rings. The molecule has 0 aliphatic rings. The zero-order chi connectivity index (χ0) is 13.8. The fourth-order valence-electron chi connectivity index (χ4n) is 1.44. The summed E-state index contributed by atoms with van der Waals surface area (Å²) in [7, 11) is -3.41. The molecule has 19 heavy (non-hydrogen) atoms. The van der Waals surface area contributed by atoms with Gasteiger partial charge in [-0.05, 0) is 19.1 Å². The van der Waals surface area contributed by atoms with Crippen LogP contribution in [-0.4, -0.2) is 32.7 Å². The number of nitrogens with one attached hydrogen (secondary N) is 1. The third kappa shape index (κ3) is 4.49. The first-order chi connectivity index (χ1) is 8.42. The summed E-state index contributed by atoms with van der Waals surface area (Å²) in [6.07, 6.45) is 0. The smallest absolute Gasteiger partial charge is 0.252 e. The largest absolute Gasteiger partial charge is 0.348 e. The maximum Gasteiger partial charge on any atom is 0.252 e. The van der Waals surface area contributed by atoms with E-state index in [4.69, 9.17) is 5.73 Å². The number of nitrogens with two attached hydrogens (primary N) is 1. The molecule has 0 unspecified atom stereocenters. The first-order valence-electron chi connectivity index (χ1n) is 5.75. The molecule has 0 saturated carbocycles. The number of hydrogen-bond acceptors (Lipinski definition) is 4. The molecule has 1 aromatic carbocycles. The Kier molecular flexibility index (Phi) is 7.04. The second kappa shape index (κ2) is 7.47. The SMILES string of the molecule is CCS(=O)(=O)c1ccccc1C(=O)N[C@@H](C)CN.Cl. The second-order valence-corrected chi connectivity index (χ2v) is 6.26. The van der Waals surface area contributed by atoms with Gasteiger partial charge in [-0.2, -0.15) is 0 Å². The van der Waals surface area contributed by atoms with Crippen molar-refractivity contribution in [3.8, 4) is 0 Å². The van der Waals surface area contributed by atoms with Gasteiger partial charge in [0.15, 0.2) is 9.84 Å². The van der Waals surface area contributed by atoms with E-state index in [0.29, 0.717) is 6.54 Å². The van der Waals surface area contributed by atoms with E-state index in [-0.39, 0.29) is 34.7 Å². The van der Waals surface area contributed by atoms with Gasteiger partial charge in [0, 0.05) is 12.6 Å². The molecule has 1 atom stereocenters. The van der Waals surface area contributed by atoms with Gasteiger partial charge >= 0.3 is 0 Å². The predicted molar refractivity (Wildman–Crippen MR) is 77.4 cm³/mol. The van der Waals surface area contributed by atoms with Gasteiger partial charge < -0.3 is 11.1 Å². The molecule has 0 aromatic heterocycles. The Bertz CT molecular complexity index is 532. The Morgan fingerprint density at radius 2 is 1.95 bits per heavy atom. The van der Waals surface area contributed by atoms with Crippen LogP contribution >= 0.6 is 12.4 Å². The van der Waals surface area contributed by atoms with Crippen molar-refractivity contribution in [1.29, 1.82) is 0 Å². The van der Waals surface area contributed by atoms with Crippen LogP contribution in [0.1, 0.15) is 24.2 Å². The summed E-state index contributed by atoms with van der Waals surface area (Å²) in [6, 6.07) is 5.99. The topological polar surface area (TPSA) is 89.3 Å². The minimum absolute atomic E-state index is 0. The standard InChI is InChI=1S/C12H18N2O3S.ClH/c1-3-18(16,17)11-7-5-4-6-10(11)12(15)14-9(2)8-13;/h4-7,9H,3,8,13H2,1-2H3,(H,14,15);1H/t9-;/m0./s1. The number of sulfone groups is 1. The van der Waals surface area contributed by atoms with E-state index in [1.54, 1.807) is 26.0 Å². The molecular weight excluding hydrogens is 288 g/mol. The Morgan fingerprint density at radius 1 is 1.37 bits per heavy atom. The van der Waals surface area contributed by atoms with Crippen LogP contribution in [0.2, 0.25) is 0 Å². The van der Waals surface area contributed by atoms with Crippen molar-refractivity contribution in [2.45, 2.75) is 24.8 Å². The first-order valence-corrected chi connectivity index (χ1v) is 7.40. The Balaban J connectivity index is 0.00000324. The molecule has 0 saturated heterocycles. The highest BCUT2D eigenvalue weighted by Gasteiger charge is 2.20. The molecule has 0 radical (unpaired) electrons. The van der Waals surface area contributed by atoms with Crippen LogP contribution in [0.5, 0.6) is 0 Å². The molecule has 0 heterocycles. The first kappa shape index (κ1) is 17.9. The number of rotatable bonds is 5. The zero-order valence-corrected chi connectivity index (χ0v) is 12.6. The van der Waals surface area contributed by atoms with E-state index in [1.165, 1.54) is 12.1 Å². The highest BCUT2D eigenvalue weighted by atomic mass is 35.5. The lowest BCUT2D eigenvalue weighted by Gasteiger charge is -2.13. The lowest BCUT2D eigenvalue weighted by Crippen LogP contribution is -2.38. The third-order valence-electron chi connectivity index (χ3n) is 2.58. The average Bonchev–Trinajstić information content (AvgIpc) is 2.38. The maximum atomic E-state index is 12.0. The molecule has 0 bridgehead atoms. The van der Waals surface area contributed by atoms with Gasteiger partial charge in [-0.1, -0.05) is 19.1 Å². The van der Waals surface area contributed by atoms with Gasteiger partial charge in [0.2, 0.25) is 0 Å². The van der Waals surface area contributed by atoms with Gasteiger partial charge in [0.05, 0.1) is 16.2 Å². The summed E-state index contributed by atoms with van der Waals surface area (Å²) < 4.78 is 23.8. The number of carbonyl (C=O) groups excluding carboxylic acids is 1. The minimum Gasteiger partial charge on any atom is -0.348 e. The van der Waals surface area contributed by atoms with E-state index in [0.717, 1.165) is 0 Å². The molecule has 0 spiro atoms. The molecular formula is C12H19ClN2O3S. The van der Waals surface area contributed by atoms with Gasteiger partial charge in [0.25, 0.3) is 5.91 Å². The van der Waals surface area contributed by atoms with E-state index in [1.807, 2.05) is 0 Å². The summed E-state index contributed by atoms with van der Waals surface area (Å²) in [5.74, 6) is -0.454. The Hall–Kier alpha value is -1.11. The van der Waals surface area contributed by atoms with Gasteiger partial charge in [-0.3, -0.25) is 4.79 Å². The monoisotopic (exact) mass is 306 g/mol. The van der Waals surface area contributed by atoms with E-state index >= 15 is 0 Å². The summed E-state index contributed by atoms with van der Waals surface area (Å²) in [6.45, 7) is 3.61. The van der Waals surface area contributed by atoms with Gasteiger partial charge in [-0.15, -0.1) is 12.4 Å². The van der Waals surface area contributed by atoms with Crippen molar-refractivity contribution in [2.24, 2.45) is 5.73 Å². The van der Waals surface area contributed by atoms with Crippen molar-refractivity contribution in [3.05, 3.63) is 29.8 Å². The highest BCUT2D eigenvalue weighted by molar-refractivity contribution is 7.91. The molecule has 7 heteroatoms. The fraction of sp³-hybridized carbons (Fsp3) is 0.417. The minimum atomic E-state index is -3.41. The predicted octanol–water partition coefficient (Wildman–Crippen LogP) is 0.979. The van der Waals surface area contributed by atoms with Crippen LogP contribution in [0.4, 0.5) is 0 Å². The van der Waals surface area contributed by atoms with Crippen LogP contribution in [0.15, 0.2) is 29.2 Å². The van der Waals surface area contributed by atoms with E-state index in [9.17, 15) is 13.2 Å². The van der Waals surface area contributed by atoms with Crippen LogP contribution in [0.3, 0.4) is 0 Å².